The monoisotopic (exact) mass is 371 g/mol. The Hall–Kier alpha value is -3.67. The Morgan fingerprint density at radius 2 is 1.93 bits per heavy atom. The Kier molecular flexibility index (Phi) is 4.76. The van der Waals surface area contributed by atoms with Gasteiger partial charge in [-0.2, -0.15) is 5.10 Å². The fraction of sp³-hybridized carbons (Fsp3) is 0.136. The summed E-state index contributed by atoms with van der Waals surface area (Å²) in [7, 11) is 0. The van der Waals surface area contributed by atoms with E-state index in [-0.39, 0.29) is 0 Å². The average molecular weight is 371 g/mol. The first-order valence-electron chi connectivity index (χ1n) is 9.15. The van der Waals surface area contributed by atoms with Crippen LogP contribution in [0.15, 0.2) is 67.0 Å². The van der Waals surface area contributed by atoms with Gasteiger partial charge < -0.3 is 5.32 Å². The number of hydrogen-bond acceptors (Lipinski definition) is 4. The van der Waals surface area contributed by atoms with Gasteiger partial charge in [0, 0.05) is 23.0 Å². The lowest BCUT2D eigenvalue weighted by molar-refractivity contribution is -0.106. The summed E-state index contributed by atoms with van der Waals surface area (Å²) in [5.74, 6) is 1.04. The summed E-state index contributed by atoms with van der Waals surface area (Å²) in [6, 6.07) is 17.6. The van der Waals surface area contributed by atoms with Crippen LogP contribution in [0.2, 0.25) is 0 Å². The van der Waals surface area contributed by atoms with Crippen molar-refractivity contribution in [2.24, 2.45) is 0 Å². The highest BCUT2D eigenvalue weighted by molar-refractivity contribution is 5.92. The minimum absolute atomic E-state index is 0.437. The SMILES string of the molecule is CC(C)c1ccc(N(C=O)c2cccnc2Nc2ccc3cn[nH]c3c2)cc1. The molecule has 0 bridgehead atoms. The molecule has 2 N–H and O–H groups in total. The number of pyridine rings is 1. The van der Waals surface area contributed by atoms with E-state index in [1.165, 1.54) is 5.56 Å². The zero-order chi connectivity index (χ0) is 19.5. The molecule has 28 heavy (non-hydrogen) atoms. The number of H-pyrrole nitrogens is 1. The molecule has 0 fully saturated rings. The lowest BCUT2D eigenvalue weighted by Crippen LogP contribution is -2.16. The second kappa shape index (κ2) is 7.52. The molecule has 0 radical (unpaired) electrons. The number of carbonyl (C=O) groups is 1. The van der Waals surface area contributed by atoms with Crippen LogP contribution in [0.1, 0.15) is 25.3 Å². The van der Waals surface area contributed by atoms with Crippen molar-refractivity contribution >= 4 is 40.2 Å². The quantitative estimate of drug-likeness (QED) is 0.461. The lowest BCUT2D eigenvalue weighted by Gasteiger charge is -2.21. The highest BCUT2D eigenvalue weighted by Crippen LogP contribution is 2.32. The van der Waals surface area contributed by atoms with Crippen LogP contribution in [0.5, 0.6) is 0 Å². The number of hydrogen-bond donors (Lipinski definition) is 2. The van der Waals surface area contributed by atoms with Gasteiger partial charge in [0.05, 0.1) is 17.4 Å². The first kappa shape index (κ1) is 17.7. The fourth-order valence-corrected chi connectivity index (χ4v) is 3.12. The topological polar surface area (TPSA) is 73.9 Å². The van der Waals surface area contributed by atoms with Crippen molar-refractivity contribution in [3.05, 3.63) is 72.6 Å². The van der Waals surface area contributed by atoms with Gasteiger partial charge in [0.25, 0.3) is 0 Å². The zero-order valence-electron chi connectivity index (χ0n) is 15.8. The molecule has 2 aromatic carbocycles. The molecule has 0 aliphatic rings. The van der Waals surface area contributed by atoms with Gasteiger partial charge in [-0.05, 0) is 53.9 Å². The van der Waals surface area contributed by atoms with E-state index in [0.29, 0.717) is 17.4 Å². The molecule has 0 atom stereocenters. The fourth-order valence-electron chi connectivity index (χ4n) is 3.12. The first-order chi connectivity index (χ1) is 13.7. The first-order valence-corrected chi connectivity index (χ1v) is 9.15. The van der Waals surface area contributed by atoms with Gasteiger partial charge >= 0.3 is 0 Å². The van der Waals surface area contributed by atoms with E-state index < -0.39 is 0 Å². The Balaban J connectivity index is 1.67. The van der Waals surface area contributed by atoms with E-state index in [1.807, 2.05) is 54.6 Å². The van der Waals surface area contributed by atoms with Gasteiger partial charge in [0.15, 0.2) is 5.82 Å². The van der Waals surface area contributed by atoms with Crippen LogP contribution in [-0.2, 0) is 4.79 Å². The number of rotatable bonds is 6. The van der Waals surface area contributed by atoms with Crippen LogP contribution in [-0.4, -0.2) is 21.6 Å². The molecule has 0 aliphatic carbocycles. The summed E-state index contributed by atoms with van der Waals surface area (Å²) < 4.78 is 0. The molecule has 0 saturated heterocycles. The number of carbonyl (C=O) groups excluding carboxylic acids is 1. The zero-order valence-corrected chi connectivity index (χ0v) is 15.8. The highest BCUT2D eigenvalue weighted by Gasteiger charge is 2.14. The summed E-state index contributed by atoms with van der Waals surface area (Å²) in [6.07, 6.45) is 4.29. The summed E-state index contributed by atoms with van der Waals surface area (Å²) >= 11 is 0. The van der Waals surface area contributed by atoms with Crippen LogP contribution in [0.3, 0.4) is 0 Å². The average Bonchev–Trinajstić information content (AvgIpc) is 3.18. The molecule has 4 rings (SSSR count). The molecule has 0 unspecified atom stereocenters. The maximum absolute atomic E-state index is 11.9. The van der Waals surface area contributed by atoms with Crippen LogP contribution in [0, 0.1) is 0 Å². The van der Waals surface area contributed by atoms with E-state index in [4.69, 9.17) is 0 Å². The van der Waals surface area contributed by atoms with Crippen LogP contribution < -0.4 is 10.2 Å². The largest absolute Gasteiger partial charge is 0.338 e. The number of fused-ring (bicyclic) bond motifs is 1. The Bertz CT molecular complexity index is 1100. The van der Waals surface area contributed by atoms with Crippen molar-refractivity contribution in [3.8, 4) is 0 Å². The number of nitrogens with zero attached hydrogens (tertiary/aromatic N) is 3. The lowest BCUT2D eigenvalue weighted by atomic mass is 10.0. The molecule has 6 heteroatoms. The van der Waals surface area contributed by atoms with E-state index >= 15 is 0 Å². The van der Waals surface area contributed by atoms with Crippen molar-refractivity contribution in [2.45, 2.75) is 19.8 Å². The molecule has 140 valence electrons. The number of nitrogens with one attached hydrogen (secondary N) is 2. The van der Waals surface area contributed by atoms with Crippen molar-refractivity contribution in [3.63, 3.8) is 0 Å². The Morgan fingerprint density at radius 3 is 2.68 bits per heavy atom. The van der Waals surface area contributed by atoms with Crippen molar-refractivity contribution in [2.75, 3.05) is 10.2 Å². The molecule has 1 amide bonds. The van der Waals surface area contributed by atoms with Gasteiger partial charge in [-0.3, -0.25) is 14.8 Å². The maximum atomic E-state index is 11.9. The van der Waals surface area contributed by atoms with Gasteiger partial charge in [-0.15, -0.1) is 0 Å². The second-order valence-corrected chi connectivity index (χ2v) is 6.89. The van der Waals surface area contributed by atoms with Gasteiger partial charge in [0.2, 0.25) is 6.41 Å². The number of aromatic amines is 1. The molecular weight excluding hydrogens is 350 g/mol. The van der Waals surface area contributed by atoms with Crippen molar-refractivity contribution < 1.29 is 4.79 Å². The molecule has 0 saturated carbocycles. The van der Waals surface area contributed by atoms with E-state index in [2.05, 4.69) is 34.3 Å². The third-order valence-corrected chi connectivity index (χ3v) is 4.69. The standard InChI is InChI=1S/C22H21N5O/c1-15(2)16-6-9-19(10-7-16)27(14-28)21-4-3-11-23-22(21)25-18-8-5-17-13-24-26-20(17)12-18/h3-15H,1-2H3,(H,23,25)(H,24,26). The minimum Gasteiger partial charge on any atom is -0.338 e. The minimum atomic E-state index is 0.437. The molecule has 0 aliphatic heterocycles. The van der Waals surface area contributed by atoms with Gasteiger partial charge in [0.1, 0.15) is 0 Å². The normalized spacial score (nSPS) is 11.0. The highest BCUT2D eigenvalue weighted by atomic mass is 16.1. The summed E-state index contributed by atoms with van der Waals surface area (Å²) in [4.78, 5) is 18.0. The molecule has 6 nitrogen and oxygen atoms in total. The van der Waals surface area contributed by atoms with Crippen LogP contribution >= 0.6 is 0 Å². The summed E-state index contributed by atoms with van der Waals surface area (Å²) in [6.45, 7) is 4.29. The third-order valence-electron chi connectivity index (χ3n) is 4.69. The predicted octanol–water partition coefficient (Wildman–Crippen LogP) is 5.12. The Labute approximate surface area is 163 Å². The van der Waals surface area contributed by atoms with E-state index in [0.717, 1.165) is 28.7 Å². The number of aromatic nitrogens is 3. The van der Waals surface area contributed by atoms with Crippen molar-refractivity contribution in [1.82, 2.24) is 15.2 Å². The number of anilines is 4. The molecule has 4 aromatic rings. The molecule has 0 spiro atoms. The maximum Gasteiger partial charge on any atom is 0.218 e. The number of benzene rings is 2. The molecular formula is C22H21N5O. The van der Waals surface area contributed by atoms with E-state index in [1.54, 1.807) is 17.3 Å². The van der Waals surface area contributed by atoms with E-state index in [9.17, 15) is 4.79 Å². The molecule has 2 aromatic heterocycles. The summed E-state index contributed by atoms with van der Waals surface area (Å²) in [5.41, 5.74) is 4.49. The number of amides is 1. The molecule has 2 heterocycles. The van der Waals surface area contributed by atoms with Crippen molar-refractivity contribution in [1.29, 1.82) is 0 Å². The third kappa shape index (κ3) is 3.44. The summed E-state index contributed by atoms with van der Waals surface area (Å²) in [5, 5.41) is 11.3. The van der Waals surface area contributed by atoms with Crippen LogP contribution in [0.4, 0.5) is 22.9 Å². The smallest absolute Gasteiger partial charge is 0.218 e. The van der Waals surface area contributed by atoms with Gasteiger partial charge in [-0.1, -0.05) is 26.0 Å². The predicted molar refractivity (Wildman–Crippen MR) is 112 cm³/mol. The van der Waals surface area contributed by atoms with Gasteiger partial charge in [-0.25, -0.2) is 4.98 Å². The van der Waals surface area contributed by atoms with Crippen LogP contribution in [0.25, 0.3) is 10.9 Å². The second-order valence-electron chi connectivity index (χ2n) is 6.89. The Morgan fingerprint density at radius 1 is 1.11 bits per heavy atom.